The first-order valence-electron chi connectivity index (χ1n) is 8.70. The van der Waals surface area contributed by atoms with Crippen LogP contribution in [0.1, 0.15) is 75.9 Å². The van der Waals surface area contributed by atoms with Crippen LogP contribution in [-0.2, 0) is 19.4 Å². The maximum absolute atomic E-state index is 10.5. The van der Waals surface area contributed by atoms with E-state index in [1.54, 1.807) is 0 Å². The highest BCUT2D eigenvalue weighted by Crippen LogP contribution is 2.30. The maximum atomic E-state index is 10.5. The molecule has 1 saturated carbocycles. The lowest BCUT2D eigenvalue weighted by atomic mass is 10.0. The normalized spacial score (nSPS) is 23.2. The average Bonchev–Trinajstić information content (AvgIpc) is 2.71. The number of nitrogens with one attached hydrogen (secondary N) is 1. The number of aliphatic hydroxyl groups is 1. The minimum Gasteiger partial charge on any atom is -0.391 e. The highest BCUT2D eigenvalue weighted by molar-refractivity contribution is 5.27. The van der Waals surface area contributed by atoms with E-state index >= 15 is 0 Å². The van der Waals surface area contributed by atoms with E-state index in [9.17, 15) is 5.11 Å². The van der Waals surface area contributed by atoms with Crippen molar-refractivity contribution in [1.29, 1.82) is 0 Å². The van der Waals surface area contributed by atoms with Gasteiger partial charge in [0.2, 0.25) is 0 Å². The van der Waals surface area contributed by atoms with E-state index in [4.69, 9.17) is 5.10 Å². The Morgan fingerprint density at radius 1 is 1.14 bits per heavy atom. The van der Waals surface area contributed by atoms with E-state index in [-0.39, 0.29) is 12.1 Å². The standard InChI is InChI=1S/C17H31N3O/c1-4-14-13(12-18-6-3)15(5-2)20(19-14)16-10-8-7-9-11-17(16)21/h16-18,21H,4-12H2,1-3H3. The number of hydrogen-bond acceptors (Lipinski definition) is 3. The summed E-state index contributed by atoms with van der Waals surface area (Å²) in [5, 5.41) is 18.8. The molecule has 1 aromatic rings. The predicted molar refractivity (Wildman–Crippen MR) is 86.5 cm³/mol. The van der Waals surface area contributed by atoms with Gasteiger partial charge in [-0.05, 0) is 32.2 Å². The predicted octanol–water partition coefficient (Wildman–Crippen LogP) is 2.98. The second kappa shape index (κ2) is 7.95. The Bertz CT molecular complexity index is 441. The first-order valence-corrected chi connectivity index (χ1v) is 8.70. The van der Waals surface area contributed by atoms with E-state index in [0.29, 0.717) is 0 Å². The third-order valence-corrected chi connectivity index (χ3v) is 4.68. The fourth-order valence-electron chi connectivity index (χ4n) is 3.50. The zero-order valence-corrected chi connectivity index (χ0v) is 13.9. The van der Waals surface area contributed by atoms with Crippen molar-refractivity contribution < 1.29 is 5.11 Å². The fourth-order valence-corrected chi connectivity index (χ4v) is 3.50. The number of nitrogens with zero attached hydrogens (tertiary/aromatic N) is 2. The lowest BCUT2D eigenvalue weighted by molar-refractivity contribution is 0.0973. The molecule has 0 aliphatic heterocycles. The largest absolute Gasteiger partial charge is 0.391 e. The summed E-state index contributed by atoms with van der Waals surface area (Å²) < 4.78 is 2.17. The molecule has 21 heavy (non-hydrogen) atoms. The van der Waals surface area contributed by atoms with Gasteiger partial charge in [0.15, 0.2) is 0 Å². The molecule has 1 heterocycles. The van der Waals surface area contributed by atoms with Crippen LogP contribution < -0.4 is 5.32 Å². The van der Waals surface area contributed by atoms with Gasteiger partial charge in [0.1, 0.15) is 0 Å². The van der Waals surface area contributed by atoms with Crippen molar-refractivity contribution in [2.45, 2.75) is 84.4 Å². The minimum absolute atomic E-state index is 0.170. The maximum Gasteiger partial charge on any atom is 0.0781 e. The Balaban J connectivity index is 2.34. The van der Waals surface area contributed by atoms with Crippen LogP contribution >= 0.6 is 0 Å². The van der Waals surface area contributed by atoms with E-state index < -0.39 is 0 Å². The van der Waals surface area contributed by atoms with Crippen molar-refractivity contribution >= 4 is 0 Å². The number of aliphatic hydroxyl groups excluding tert-OH is 1. The lowest BCUT2D eigenvalue weighted by Crippen LogP contribution is -2.26. The van der Waals surface area contributed by atoms with Crippen LogP contribution in [0.2, 0.25) is 0 Å². The third-order valence-electron chi connectivity index (χ3n) is 4.68. The summed E-state index contributed by atoms with van der Waals surface area (Å²) in [6.45, 7) is 8.38. The van der Waals surface area contributed by atoms with Crippen molar-refractivity contribution in [3.8, 4) is 0 Å². The van der Waals surface area contributed by atoms with Crippen LogP contribution in [0.15, 0.2) is 0 Å². The summed E-state index contributed by atoms with van der Waals surface area (Å²) in [6, 6.07) is 0.170. The molecule has 4 nitrogen and oxygen atoms in total. The number of aryl methyl sites for hydroxylation is 1. The molecule has 0 radical (unpaired) electrons. The lowest BCUT2D eigenvalue weighted by Gasteiger charge is -2.23. The molecule has 1 aliphatic rings. The Kier molecular flexibility index (Phi) is 6.24. The van der Waals surface area contributed by atoms with Gasteiger partial charge in [0, 0.05) is 17.8 Å². The van der Waals surface area contributed by atoms with Crippen molar-refractivity contribution in [2.24, 2.45) is 0 Å². The van der Waals surface area contributed by atoms with Crippen molar-refractivity contribution in [3.63, 3.8) is 0 Å². The van der Waals surface area contributed by atoms with Gasteiger partial charge in [-0.2, -0.15) is 5.10 Å². The third kappa shape index (κ3) is 3.67. The zero-order valence-electron chi connectivity index (χ0n) is 13.9. The SMILES string of the molecule is CCNCc1c(CC)nn(C2CCCCCC2O)c1CC. The molecule has 1 aromatic heterocycles. The molecule has 0 spiro atoms. The highest BCUT2D eigenvalue weighted by atomic mass is 16.3. The zero-order chi connectivity index (χ0) is 15.2. The molecule has 0 bridgehead atoms. The molecular formula is C17H31N3O. The molecule has 1 aliphatic carbocycles. The van der Waals surface area contributed by atoms with Gasteiger partial charge in [0.25, 0.3) is 0 Å². The van der Waals surface area contributed by atoms with Gasteiger partial charge < -0.3 is 10.4 Å². The molecule has 120 valence electrons. The monoisotopic (exact) mass is 293 g/mol. The van der Waals surface area contributed by atoms with Gasteiger partial charge in [-0.3, -0.25) is 4.68 Å². The van der Waals surface area contributed by atoms with Crippen molar-refractivity contribution in [3.05, 3.63) is 17.0 Å². The first-order chi connectivity index (χ1) is 10.2. The first kappa shape index (κ1) is 16.5. The van der Waals surface area contributed by atoms with Gasteiger partial charge >= 0.3 is 0 Å². The Labute approximate surface area is 128 Å². The topological polar surface area (TPSA) is 50.1 Å². The molecular weight excluding hydrogens is 262 g/mol. The van der Waals surface area contributed by atoms with Crippen LogP contribution in [0, 0.1) is 0 Å². The van der Waals surface area contributed by atoms with Crippen molar-refractivity contribution in [1.82, 2.24) is 15.1 Å². The van der Waals surface area contributed by atoms with Crippen LogP contribution in [0.3, 0.4) is 0 Å². The molecule has 2 atom stereocenters. The molecule has 2 rings (SSSR count). The second-order valence-electron chi connectivity index (χ2n) is 6.08. The van der Waals surface area contributed by atoms with E-state index in [0.717, 1.165) is 45.2 Å². The molecule has 1 fully saturated rings. The van der Waals surface area contributed by atoms with Gasteiger partial charge in [0.05, 0.1) is 17.8 Å². The van der Waals surface area contributed by atoms with E-state index in [2.05, 4.69) is 30.8 Å². The molecule has 0 saturated heterocycles. The second-order valence-corrected chi connectivity index (χ2v) is 6.08. The summed E-state index contributed by atoms with van der Waals surface area (Å²) in [5.74, 6) is 0. The fraction of sp³-hybridized carbons (Fsp3) is 0.824. The van der Waals surface area contributed by atoms with Crippen LogP contribution in [0.4, 0.5) is 0 Å². The molecule has 0 aromatic carbocycles. The van der Waals surface area contributed by atoms with Gasteiger partial charge in [-0.25, -0.2) is 0 Å². The van der Waals surface area contributed by atoms with Crippen LogP contribution in [0.25, 0.3) is 0 Å². The van der Waals surface area contributed by atoms with E-state index in [1.807, 2.05) is 0 Å². The summed E-state index contributed by atoms with van der Waals surface area (Å²) >= 11 is 0. The number of rotatable bonds is 6. The van der Waals surface area contributed by atoms with Gasteiger partial charge in [-0.15, -0.1) is 0 Å². The Morgan fingerprint density at radius 3 is 2.57 bits per heavy atom. The smallest absolute Gasteiger partial charge is 0.0781 e. The molecule has 2 unspecified atom stereocenters. The van der Waals surface area contributed by atoms with Crippen LogP contribution in [0.5, 0.6) is 0 Å². The van der Waals surface area contributed by atoms with Crippen LogP contribution in [-0.4, -0.2) is 27.5 Å². The summed E-state index contributed by atoms with van der Waals surface area (Å²) in [5.41, 5.74) is 3.88. The Hall–Kier alpha value is -0.870. The summed E-state index contributed by atoms with van der Waals surface area (Å²) in [4.78, 5) is 0. The molecule has 2 N–H and O–H groups in total. The van der Waals surface area contributed by atoms with E-state index in [1.165, 1.54) is 29.8 Å². The van der Waals surface area contributed by atoms with Gasteiger partial charge in [-0.1, -0.05) is 40.0 Å². The Morgan fingerprint density at radius 2 is 1.90 bits per heavy atom. The number of aromatic nitrogens is 2. The molecule has 0 amide bonds. The summed E-state index contributed by atoms with van der Waals surface area (Å²) in [6.07, 6.45) is 7.26. The van der Waals surface area contributed by atoms with Crippen molar-refractivity contribution in [2.75, 3.05) is 6.54 Å². The minimum atomic E-state index is -0.241. The quantitative estimate of drug-likeness (QED) is 0.793. The highest BCUT2D eigenvalue weighted by Gasteiger charge is 2.27. The average molecular weight is 293 g/mol. The summed E-state index contributed by atoms with van der Waals surface area (Å²) in [7, 11) is 0. The number of hydrogen-bond donors (Lipinski definition) is 2. The molecule has 4 heteroatoms.